The van der Waals surface area contributed by atoms with Gasteiger partial charge in [0.1, 0.15) is 0 Å². The number of hydrogen-bond acceptors (Lipinski definition) is 4. The SMILES string of the molecule is O=C(O)[N+]1([O-])C(=O)CCC1=O. The number of imide groups is 3. The Labute approximate surface area is 61.2 Å². The summed E-state index contributed by atoms with van der Waals surface area (Å²) >= 11 is 0. The Kier molecular flexibility index (Phi) is 1.50. The van der Waals surface area contributed by atoms with E-state index in [2.05, 4.69) is 0 Å². The maximum absolute atomic E-state index is 10.9. The van der Waals surface area contributed by atoms with Crippen molar-refractivity contribution in [1.29, 1.82) is 0 Å². The van der Waals surface area contributed by atoms with E-state index < -0.39 is 22.6 Å². The summed E-state index contributed by atoms with van der Waals surface area (Å²) in [7, 11) is 0. The van der Waals surface area contributed by atoms with Crippen LogP contribution in [0.5, 0.6) is 0 Å². The molecule has 0 aromatic rings. The van der Waals surface area contributed by atoms with Gasteiger partial charge in [0.05, 0.1) is 12.8 Å². The third-order valence-electron chi connectivity index (χ3n) is 1.52. The number of amides is 3. The predicted molar refractivity (Wildman–Crippen MR) is 30.9 cm³/mol. The second-order valence-corrected chi connectivity index (χ2v) is 2.18. The lowest BCUT2D eigenvalue weighted by Crippen LogP contribution is -2.50. The van der Waals surface area contributed by atoms with E-state index in [9.17, 15) is 19.6 Å². The van der Waals surface area contributed by atoms with Crippen molar-refractivity contribution in [2.75, 3.05) is 0 Å². The zero-order chi connectivity index (χ0) is 8.65. The van der Waals surface area contributed by atoms with E-state index in [-0.39, 0.29) is 12.8 Å². The minimum absolute atomic E-state index is 0.269. The molecule has 0 radical (unpaired) electrons. The van der Waals surface area contributed by atoms with Crippen LogP contribution in [-0.4, -0.2) is 27.7 Å². The molecule has 1 aliphatic rings. The molecule has 3 amide bonds. The van der Waals surface area contributed by atoms with Crippen LogP contribution in [0.25, 0.3) is 0 Å². The van der Waals surface area contributed by atoms with E-state index in [1.54, 1.807) is 0 Å². The highest BCUT2D eigenvalue weighted by Gasteiger charge is 2.49. The number of carbonyl (C=O) groups is 3. The van der Waals surface area contributed by atoms with Crippen molar-refractivity contribution in [3.05, 3.63) is 5.21 Å². The van der Waals surface area contributed by atoms with E-state index in [0.717, 1.165) is 0 Å². The lowest BCUT2D eigenvalue weighted by atomic mass is 10.4. The number of carbonyl (C=O) groups excluding carboxylic acids is 2. The quantitative estimate of drug-likeness (QED) is 0.300. The molecule has 6 heteroatoms. The van der Waals surface area contributed by atoms with Gasteiger partial charge < -0.3 is 10.3 Å². The number of carboxylic acid groups (broad SMARTS) is 1. The fourth-order valence-corrected chi connectivity index (χ4v) is 0.881. The molecule has 0 spiro atoms. The van der Waals surface area contributed by atoms with Crippen molar-refractivity contribution >= 4 is 17.9 Å². The molecule has 0 aliphatic carbocycles. The van der Waals surface area contributed by atoms with Crippen LogP contribution in [-0.2, 0) is 9.59 Å². The molecule has 1 rings (SSSR count). The molecule has 6 nitrogen and oxygen atoms in total. The van der Waals surface area contributed by atoms with Gasteiger partial charge in [0.25, 0.3) is 0 Å². The van der Waals surface area contributed by atoms with Crippen LogP contribution >= 0.6 is 0 Å². The van der Waals surface area contributed by atoms with Crippen molar-refractivity contribution < 1.29 is 24.1 Å². The maximum atomic E-state index is 10.9. The number of quaternary nitrogens is 1. The summed E-state index contributed by atoms with van der Waals surface area (Å²) in [4.78, 5) is 31.4. The monoisotopic (exact) mass is 159 g/mol. The second kappa shape index (κ2) is 2.11. The summed E-state index contributed by atoms with van der Waals surface area (Å²) in [5, 5.41) is 19.1. The Morgan fingerprint density at radius 1 is 1.36 bits per heavy atom. The van der Waals surface area contributed by atoms with Crippen molar-refractivity contribution in [2.45, 2.75) is 12.8 Å². The average molecular weight is 159 g/mol. The second-order valence-electron chi connectivity index (χ2n) is 2.18. The van der Waals surface area contributed by atoms with E-state index in [0.29, 0.717) is 0 Å². The first-order valence-corrected chi connectivity index (χ1v) is 2.90. The molecular formula is C5H5NO5. The van der Waals surface area contributed by atoms with Crippen LogP contribution in [0.4, 0.5) is 4.79 Å². The van der Waals surface area contributed by atoms with Crippen molar-refractivity contribution in [3.8, 4) is 0 Å². The van der Waals surface area contributed by atoms with Crippen LogP contribution in [0.15, 0.2) is 0 Å². The number of rotatable bonds is 0. The molecule has 1 saturated heterocycles. The highest BCUT2D eigenvalue weighted by molar-refractivity contribution is 6.00. The van der Waals surface area contributed by atoms with Gasteiger partial charge in [0.15, 0.2) is 0 Å². The molecule has 1 fully saturated rings. The first-order chi connectivity index (χ1) is 4.99. The predicted octanol–water partition coefficient (Wildman–Crippen LogP) is -0.174. The van der Waals surface area contributed by atoms with E-state index in [1.807, 2.05) is 0 Å². The first kappa shape index (κ1) is 7.83. The van der Waals surface area contributed by atoms with Gasteiger partial charge in [0, 0.05) is 0 Å². The molecule has 0 atom stereocenters. The summed E-state index contributed by atoms with van der Waals surface area (Å²) in [6.07, 6.45) is -2.49. The van der Waals surface area contributed by atoms with Crippen molar-refractivity contribution in [2.24, 2.45) is 0 Å². The van der Waals surface area contributed by atoms with Crippen LogP contribution in [0.2, 0.25) is 0 Å². The molecule has 0 aromatic carbocycles. The third-order valence-corrected chi connectivity index (χ3v) is 1.52. The fourth-order valence-electron chi connectivity index (χ4n) is 0.881. The van der Waals surface area contributed by atoms with E-state index >= 15 is 0 Å². The fraction of sp³-hybridized carbons (Fsp3) is 0.400. The van der Waals surface area contributed by atoms with Gasteiger partial charge in [0.2, 0.25) is 0 Å². The lowest BCUT2D eigenvalue weighted by molar-refractivity contribution is -0.642. The number of hydroxylamine groups is 3. The maximum Gasteiger partial charge on any atom is 0.528 e. The molecule has 0 bridgehead atoms. The Balaban J connectivity index is 3.08. The number of hydrogen-bond donors (Lipinski definition) is 1. The summed E-state index contributed by atoms with van der Waals surface area (Å²) in [6, 6.07) is 0. The summed E-state index contributed by atoms with van der Waals surface area (Å²) in [5.74, 6) is -2.19. The summed E-state index contributed by atoms with van der Waals surface area (Å²) < 4.78 is -2.33. The molecule has 11 heavy (non-hydrogen) atoms. The van der Waals surface area contributed by atoms with Crippen LogP contribution in [0.3, 0.4) is 0 Å². The zero-order valence-electron chi connectivity index (χ0n) is 5.44. The Hall–Kier alpha value is -1.27. The van der Waals surface area contributed by atoms with Gasteiger partial charge in [-0.25, -0.2) is 9.59 Å². The van der Waals surface area contributed by atoms with Gasteiger partial charge in [-0.3, -0.25) is 0 Å². The van der Waals surface area contributed by atoms with Crippen LogP contribution in [0.1, 0.15) is 12.8 Å². The molecule has 1 N–H and O–H groups in total. The minimum atomic E-state index is -2.33. The van der Waals surface area contributed by atoms with Crippen molar-refractivity contribution in [3.63, 3.8) is 0 Å². The van der Waals surface area contributed by atoms with E-state index in [1.165, 1.54) is 0 Å². The molecular weight excluding hydrogens is 154 g/mol. The molecule has 0 aromatic heterocycles. The van der Waals surface area contributed by atoms with Gasteiger partial charge in [-0.1, -0.05) is 0 Å². The zero-order valence-corrected chi connectivity index (χ0v) is 5.44. The summed E-state index contributed by atoms with van der Waals surface area (Å²) in [6.45, 7) is 0. The molecule has 60 valence electrons. The number of nitrogens with zero attached hydrogens (tertiary/aromatic N) is 1. The minimum Gasteiger partial charge on any atom is -0.607 e. The highest BCUT2D eigenvalue weighted by atomic mass is 16.6. The Morgan fingerprint density at radius 3 is 1.91 bits per heavy atom. The Morgan fingerprint density at radius 2 is 1.73 bits per heavy atom. The smallest absolute Gasteiger partial charge is 0.528 e. The van der Waals surface area contributed by atoms with Crippen LogP contribution < -0.4 is 0 Å². The first-order valence-electron chi connectivity index (χ1n) is 2.90. The summed E-state index contributed by atoms with van der Waals surface area (Å²) in [5.41, 5.74) is 0. The normalized spacial score (nSPS) is 22.3. The molecule has 1 heterocycles. The van der Waals surface area contributed by atoms with Gasteiger partial charge in [-0.2, -0.15) is 4.79 Å². The largest absolute Gasteiger partial charge is 0.607 e. The lowest BCUT2D eigenvalue weighted by Gasteiger charge is -2.24. The molecule has 1 aliphatic heterocycles. The van der Waals surface area contributed by atoms with Gasteiger partial charge in [-0.05, 0) is 0 Å². The highest BCUT2D eigenvalue weighted by Crippen LogP contribution is 2.21. The van der Waals surface area contributed by atoms with Gasteiger partial charge in [-0.15, -0.1) is 4.65 Å². The van der Waals surface area contributed by atoms with Gasteiger partial charge >= 0.3 is 17.9 Å². The third kappa shape index (κ3) is 0.837. The number of likely N-dealkylation sites (tertiary alicyclic amines) is 1. The van der Waals surface area contributed by atoms with Crippen molar-refractivity contribution in [1.82, 2.24) is 0 Å². The average Bonchev–Trinajstić information content (AvgIpc) is 2.18. The van der Waals surface area contributed by atoms with E-state index in [4.69, 9.17) is 5.11 Å². The topological polar surface area (TPSA) is 94.5 Å². The Bertz CT molecular complexity index is 229. The molecule has 0 saturated carbocycles. The standard InChI is InChI=1S/C5H5NO5/c7-3-1-2-4(8)6(3,11)5(9)10/h1-2H2,(H,9,10). The van der Waals surface area contributed by atoms with Crippen LogP contribution in [0, 0.1) is 5.21 Å². The molecule has 0 unspecified atom stereocenters.